The summed E-state index contributed by atoms with van der Waals surface area (Å²) in [7, 11) is -2.87. The van der Waals surface area contributed by atoms with E-state index in [0.717, 1.165) is 0 Å². The van der Waals surface area contributed by atoms with Gasteiger partial charge in [-0.25, -0.2) is 0 Å². The third-order valence-corrected chi connectivity index (χ3v) is 0. The van der Waals surface area contributed by atoms with Crippen LogP contribution in [0, 0.1) is 0 Å². The molecule has 6 heteroatoms. The molecule has 0 heterocycles. The quantitative estimate of drug-likeness (QED) is 0.533. The van der Waals surface area contributed by atoms with Crippen LogP contribution in [0.15, 0.2) is 0 Å². The normalized spacial score (nSPS) is 5.50. The Morgan fingerprint density at radius 1 is 1.50 bits per heavy atom. The Morgan fingerprint density at radius 3 is 1.50 bits per heavy atom. The Labute approximate surface area is 62.2 Å². The van der Waals surface area contributed by atoms with Crippen molar-refractivity contribution >= 4 is 8.25 Å². The molecule has 0 aromatic heterocycles. The first-order chi connectivity index (χ1) is 3.15. The van der Waals surface area contributed by atoms with E-state index >= 15 is 0 Å². The zero-order valence-corrected chi connectivity index (χ0v) is 7.89. The van der Waals surface area contributed by atoms with E-state index in [0.29, 0.717) is 0 Å². The van der Waals surface area contributed by atoms with Gasteiger partial charge in [-0.05, 0) is 6.92 Å². The van der Waals surface area contributed by atoms with Crippen molar-refractivity contribution in [1.82, 2.24) is 0 Å². The van der Waals surface area contributed by atoms with Crippen LogP contribution in [-0.4, -0.2) is 21.5 Å². The van der Waals surface area contributed by atoms with Gasteiger partial charge in [-0.1, -0.05) is 0 Å². The zero-order chi connectivity index (χ0) is 6.28. The van der Waals surface area contributed by atoms with Crippen molar-refractivity contribution in [2.24, 2.45) is 0 Å². The van der Waals surface area contributed by atoms with Gasteiger partial charge in [0.15, 0.2) is 0 Å². The van der Waals surface area contributed by atoms with Gasteiger partial charge in [-0.2, -0.15) is 0 Å². The summed E-state index contributed by atoms with van der Waals surface area (Å²) in [6, 6.07) is 0. The van der Waals surface area contributed by atoms with Crippen molar-refractivity contribution in [2.45, 2.75) is 6.92 Å². The maximum atomic E-state index is 8.70. The summed E-state index contributed by atoms with van der Waals surface area (Å²) in [4.78, 5) is 14.2. The predicted octanol–water partition coefficient (Wildman–Crippen LogP) is -0.376. The zero-order valence-electron chi connectivity index (χ0n) is 4.28. The minimum Gasteiger partial charge on any atom is -0.397 e. The van der Waals surface area contributed by atoms with Crippen molar-refractivity contribution < 1.29 is 39.9 Å². The molecule has 0 saturated carbocycles. The Morgan fingerprint density at radius 2 is 1.50 bits per heavy atom. The molecule has 0 atom stereocenters. The Balaban J connectivity index is -0.0000000575. The van der Waals surface area contributed by atoms with Crippen LogP contribution < -0.4 is 0 Å². The van der Waals surface area contributed by atoms with E-state index in [1.807, 2.05) is 0 Å². The molecule has 3 N–H and O–H groups in total. The van der Waals surface area contributed by atoms with Crippen LogP contribution in [0.2, 0.25) is 0 Å². The van der Waals surface area contributed by atoms with Gasteiger partial charge in [0.05, 0.1) is 0 Å². The van der Waals surface area contributed by atoms with Crippen molar-refractivity contribution in [3.8, 4) is 0 Å². The maximum Gasteiger partial charge on any atom is 0.692 e. The van der Waals surface area contributed by atoms with E-state index in [2.05, 4.69) is 0 Å². The van der Waals surface area contributed by atoms with E-state index < -0.39 is 8.25 Å². The molecule has 0 spiro atoms. The van der Waals surface area contributed by atoms with Crippen molar-refractivity contribution in [3.63, 3.8) is 0 Å². The maximum absolute atomic E-state index is 8.70. The molecule has 0 fully saturated rings. The number of hydrogen-bond acceptors (Lipinski definition) is 2. The average Bonchev–Trinajstić information content (AvgIpc) is 1.33. The minimum absolute atomic E-state index is 0. The van der Waals surface area contributed by atoms with Crippen LogP contribution >= 0.6 is 8.25 Å². The van der Waals surface area contributed by atoms with Crippen molar-refractivity contribution in [2.75, 3.05) is 6.61 Å². The molecule has 1 radical (unpaired) electrons. The molecule has 0 amide bonds. The molecular formula is C2H8O4PRe+. The monoisotopic (exact) mass is 314 g/mol. The molecule has 0 bridgehead atoms. The average molecular weight is 313 g/mol. The number of hydrogen-bond donors (Lipinski definition) is 3. The summed E-state index contributed by atoms with van der Waals surface area (Å²) in [5.41, 5.74) is 0. The van der Waals surface area contributed by atoms with Crippen LogP contribution in [-0.2, 0) is 25.0 Å². The van der Waals surface area contributed by atoms with Gasteiger partial charge >= 0.3 is 8.25 Å². The van der Waals surface area contributed by atoms with Gasteiger partial charge in [0, 0.05) is 31.6 Å². The Hall–Kier alpha value is 0.642. The minimum atomic E-state index is -2.87. The first kappa shape index (κ1) is 15.9. The van der Waals surface area contributed by atoms with Crippen LogP contribution in [0.3, 0.4) is 0 Å². The van der Waals surface area contributed by atoms with E-state index in [-0.39, 0.29) is 27.0 Å². The molecule has 0 aromatic rings. The van der Waals surface area contributed by atoms with Crippen molar-refractivity contribution in [1.29, 1.82) is 0 Å². The fraction of sp³-hybridized carbons (Fsp3) is 1.00. The standard InChI is InChI=1S/C2H6O.HO3P.Re/c1-2-3;1-4(2)3;/h3H,2H2,1H3;(H-,1,2,3);/p+1. The largest absolute Gasteiger partial charge is 0.692 e. The summed E-state index contributed by atoms with van der Waals surface area (Å²) in [5.74, 6) is 0. The summed E-state index contributed by atoms with van der Waals surface area (Å²) in [6.07, 6.45) is 0. The molecule has 0 rings (SSSR count). The van der Waals surface area contributed by atoms with Crippen molar-refractivity contribution in [3.05, 3.63) is 0 Å². The van der Waals surface area contributed by atoms with Gasteiger partial charge in [0.1, 0.15) is 0 Å². The molecular weight excluding hydrogens is 305 g/mol. The van der Waals surface area contributed by atoms with Gasteiger partial charge < -0.3 is 5.11 Å². The van der Waals surface area contributed by atoms with Gasteiger partial charge in [0.2, 0.25) is 0 Å². The summed E-state index contributed by atoms with van der Waals surface area (Å²) >= 11 is 0. The molecule has 0 aliphatic rings. The summed E-state index contributed by atoms with van der Waals surface area (Å²) < 4.78 is 8.70. The first-order valence-electron chi connectivity index (χ1n) is 1.61. The van der Waals surface area contributed by atoms with E-state index in [1.54, 1.807) is 6.92 Å². The van der Waals surface area contributed by atoms with E-state index in [4.69, 9.17) is 19.5 Å². The van der Waals surface area contributed by atoms with Gasteiger partial charge in [-0.15, -0.1) is 9.79 Å². The van der Waals surface area contributed by atoms with Crippen LogP contribution in [0.5, 0.6) is 0 Å². The fourth-order valence-corrected chi connectivity index (χ4v) is 0. The topological polar surface area (TPSA) is 77.8 Å². The third-order valence-electron chi connectivity index (χ3n) is 0. The molecule has 0 aliphatic heterocycles. The van der Waals surface area contributed by atoms with Gasteiger partial charge in [-0.3, -0.25) is 0 Å². The Bertz CT molecular complexity index is 45.3. The second kappa shape index (κ2) is 15.6. The predicted molar refractivity (Wildman–Crippen MR) is 24.8 cm³/mol. The Kier molecular flexibility index (Phi) is 31.0. The summed E-state index contributed by atoms with van der Waals surface area (Å²) in [6.45, 7) is 1.93. The summed E-state index contributed by atoms with van der Waals surface area (Å²) in [5, 5.41) is 7.57. The second-order valence-electron chi connectivity index (χ2n) is 0.569. The van der Waals surface area contributed by atoms with Gasteiger partial charge in [0.25, 0.3) is 0 Å². The number of aliphatic hydroxyl groups is 1. The number of rotatable bonds is 0. The number of aliphatic hydroxyl groups excluding tert-OH is 1. The van der Waals surface area contributed by atoms with E-state index in [9.17, 15) is 0 Å². The molecule has 0 saturated heterocycles. The molecule has 8 heavy (non-hydrogen) atoms. The van der Waals surface area contributed by atoms with Crippen LogP contribution in [0.4, 0.5) is 0 Å². The van der Waals surface area contributed by atoms with Crippen LogP contribution in [0.25, 0.3) is 0 Å². The van der Waals surface area contributed by atoms with Crippen LogP contribution in [0.1, 0.15) is 6.92 Å². The fourth-order valence-electron chi connectivity index (χ4n) is 0. The molecule has 4 nitrogen and oxygen atoms in total. The van der Waals surface area contributed by atoms with E-state index in [1.165, 1.54) is 0 Å². The third kappa shape index (κ3) is 513. The molecule has 0 unspecified atom stereocenters. The first-order valence-corrected chi connectivity index (χ1v) is 2.77. The molecule has 0 aliphatic carbocycles. The second-order valence-corrected chi connectivity index (χ2v) is 1.07. The smallest absolute Gasteiger partial charge is 0.397 e. The SMILES string of the molecule is CCO.O=[P+](O)O.[Re]. The molecule has 0 aromatic carbocycles. The molecule has 51 valence electrons.